The minimum absolute atomic E-state index is 0.729. The van der Waals surface area contributed by atoms with Crippen molar-refractivity contribution in [1.82, 2.24) is 9.97 Å². The van der Waals surface area contributed by atoms with E-state index in [-0.39, 0.29) is 0 Å². The molecule has 0 aliphatic rings. The molecule has 0 aliphatic heterocycles. The number of benzene rings is 2. The second kappa shape index (κ2) is 6.32. The minimum atomic E-state index is 0.729. The molecule has 112 valence electrons. The third kappa shape index (κ3) is 3.20. The van der Waals surface area contributed by atoms with Crippen LogP contribution in [0.2, 0.25) is 0 Å². The quantitative estimate of drug-likeness (QED) is 0.764. The lowest BCUT2D eigenvalue weighted by atomic mass is 10.2. The van der Waals surface area contributed by atoms with Crippen LogP contribution in [0.25, 0.3) is 10.9 Å². The lowest BCUT2D eigenvalue weighted by Gasteiger charge is -2.13. The van der Waals surface area contributed by atoms with Gasteiger partial charge >= 0.3 is 0 Å². The lowest BCUT2D eigenvalue weighted by molar-refractivity contribution is 1.09. The second-order valence-electron chi connectivity index (χ2n) is 5.30. The molecule has 1 aromatic heterocycles. The number of fused-ring (bicyclic) bond motifs is 1. The van der Waals surface area contributed by atoms with E-state index in [1.165, 1.54) is 11.3 Å². The van der Waals surface area contributed by atoms with Crippen molar-refractivity contribution >= 4 is 38.3 Å². The average Bonchev–Trinajstić information content (AvgIpc) is 2.53. The highest BCUT2D eigenvalue weighted by Gasteiger charge is 2.04. The van der Waals surface area contributed by atoms with Crippen molar-refractivity contribution in [3.05, 3.63) is 58.8 Å². The molecule has 0 saturated carbocycles. The number of rotatable bonds is 4. The Morgan fingerprint density at radius 1 is 1.05 bits per heavy atom. The molecular formula is C17H17BrN4. The molecule has 0 radical (unpaired) electrons. The van der Waals surface area contributed by atoms with E-state index in [0.717, 1.165) is 27.7 Å². The van der Waals surface area contributed by atoms with Crippen LogP contribution in [0.15, 0.2) is 53.3 Å². The number of anilines is 2. The minimum Gasteiger partial charge on any atom is -0.378 e. The SMILES string of the molecule is CN(C)c1ccc(CNc2ncnc3ccc(Br)cc23)cc1. The van der Waals surface area contributed by atoms with E-state index in [1.54, 1.807) is 6.33 Å². The molecule has 22 heavy (non-hydrogen) atoms. The van der Waals surface area contributed by atoms with Gasteiger partial charge in [0.15, 0.2) is 0 Å². The Morgan fingerprint density at radius 3 is 2.55 bits per heavy atom. The molecule has 3 rings (SSSR count). The van der Waals surface area contributed by atoms with E-state index >= 15 is 0 Å². The molecule has 1 heterocycles. The number of nitrogens with zero attached hydrogens (tertiary/aromatic N) is 3. The van der Waals surface area contributed by atoms with Crippen LogP contribution in [-0.4, -0.2) is 24.1 Å². The molecule has 0 amide bonds. The summed E-state index contributed by atoms with van der Waals surface area (Å²) in [4.78, 5) is 10.7. The molecule has 0 atom stereocenters. The highest BCUT2D eigenvalue weighted by molar-refractivity contribution is 9.10. The number of halogens is 1. The first-order valence-electron chi connectivity index (χ1n) is 7.04. The van der Waals surface area contributed by atoms with Gasteiger partial charge in [-0.2, -0.15) is 0 Å². The van der Waals surface area contributed by atoms with Crippen molar-refractivity contribution in [3.63, 3.8) is 0 Å². The Hall–Kier alpha value is -2.14. The zero-order chi connectivity index (χ0) is 15.5. The van der Waals surface area contributed by atoms with E-state index in [0.29, 0.717) is 0 Å². The van der Waals surface area contributed by atoms with Gasteiger partial charge in [0, 0.05) is 36.2 Å². The van der Waals surface area contributed by atoms with Crippen molar-refractivity contribution in [2.45, 2.75) is 6.54 Å². The fraction of sp³-hybridized carbons (Fsp3) is 0.176. The van der Waals surface area contributed by atoms with Gasteiger partial charge in [-0.3, -0.25) is 0 Å². The summed E-state index contributed by atoms with van der Waals surface area (Å²) in [5.41, 5.74) is 3.34. The lowest BCUT2D eigenvalue weighted by Crippen LogP contribution is -2.08. The van der Waals surface area contributed by atoms with Crippen molar-refractivity contribution in [1.29, 1.82) is 0 Å². The van der Waals surface area contributed by atoms with Crippen LogP contribution >= 0.6 is 15.9 Å². The Kier molecular flexibility index (Phi) is 4.24. The monoisotopic (exact) mass is 356 g/mol. The predicted molar refractivity (Wildman–Crippen MR) is 95.3 cm³/mol. The molecule has 0 fully saturated rings. The smallest absolute Gasteiger partial charge is 0.137 e. The van der Waals surface area contributed by atoms with E-state index in [2.05, 4.69) is 60.4 Å². The summed E-state index contributed by atoms with van der Waals surface area (Å²) >= 11 is 3.50. The Labute approximate surface area is 138 Å². The van der Waals surface area contributed by atoms with Crippen LogP contribution in [0, 0.1) is 0 Å². The summed E-state index contributed by atoms with van der Waals surface area (Å²) in [6.07, 6.45) is 1.59. The first kappa shape index (κ1) is 14.8. The van der Waals surface area contributed by atoms with Gasteiger partial charge in [0.05, 0.1) is 5.52 Å². The normalized spacial score (nSPS) is 10.7. The van der Waals surface area contributed by atoms with Gasteiger partial charge in [-0.15, -0.1) is 0 Å². The molecule has 4 nitrogen and oxygen atoms in total. The molecule has 0 saturated heterocycles. The van der Waals surface area contributed by atoms with Crippen molar-refractivity contribution in [3.8, 4) is 0 Å². The fourth-order valence-corrected chi connectivity index (χ4v) is 2.63. The van der Waals surface area contributed by atoms with Gasteiger partial charge in [-0.25, -0.2) is 9.97 Å². The van der Waals surface area contributed by atoms with Crippen LogP contribution in [0.4, 0.5) is 11.5 Å². The maximum absolute atomic E-state index is 4.36. The van der Waals surface area contributed by atoms with E-state index in [9.17, 15) is 0 Å². The second-order valence-corrected chi connectivity index (χ2v) is 6.21. The first-order chi connectivity index (χ1) is 10.6. The highest BCUT2D eigenvalue weighted by atomic mass is 79.9. The van der Waals surface area contributed by atoms with E-state index in [4.69, 9.17) is 0 Å². The standard InChI is InChI=1S/C17H17BrN4/c1-22(2)14-6-3-12(4-7-14)10-19-17-15-9-13(18)5-8-16(15)20-11-21-17/h3-9,11H,10H2,1-2H3,(H,19,20,21). The summed E-state index contributed by atoms with van der Waals surface area (Å²) in [6.45, 7) is 0.729. The van der Waals surface area contributed by atoms with Gasteiger partial charge in [0.25, 0.3) is 0 Å². The van der Waals surface area contributed by atoms with Gasteiger partial charge in [-0.05, 0) is 35.9 Å². The third-order valence-corrected chi connectivity index (χ3v) is 4.00. The number of hydrogen-bond acceptors (Lipinski definition) is 4. The maximum Gasteiger partial charge on any atom is 0.137 e. The maximum atomic E-state index is 4.36. The molecule has 0 aliphatic carbocycles. The zero-order valence-electron chi connectivity index (χ0n) is 12.5. The van der Waals surface area contributed by atoms with E-state index < -0.39 is 0 Å². The predicted octanol–water partition coefficient (Wildman–Crippen LogP) is 4.07. The van der Waals surface area contributed by atoms with Crippen LogP contribution in [0.3, 0.4) is 0 Å². The Morgan fingerprint density at radius 2 is 1.82 bits per heavy atom. The summed E-state index contributed by atoms with van der Waals surface area (Å²) < 4.78 is 1.02. The third-order valence-electron chi connectivity index (χ3n) is 3.51. The topological polar surface area (TPSA) is 41.0 Å². The Bertz CT molecular complexity index is 784. The van der Waals surface area contributed by atoms with Crippen molar-refractivity contribution < 1.29 is 0 Å². The zero-order valence-corrected chi connectivity index (χ0v) is 14.1. The van der Waals surface area contributed by atoms with Crippen LogP contribution < -0.4 is 10.2 Å². The number of hydrogen-bond donors (Lipinski definition) is 1. The van der Waals surface area contributed by atoms with Crippen LogP contribution in [-0.2, 0) is 6.54 Å². The molecule has 0 unspecified atom stereocenters. The highest BCUT2D eigenvalue weighted by Crippen LogP contribution is 2.23. The molecule has 2 aromatic carbocycles. The van der Waals surface area contributed by atoms with E-state index in [1.807, 2.05) is 32.3 Å². The first-order valence-corrected chi connectivity index (χ1v) is 7.83. The summed E-state index contributed by atoms with van der Waals surface area (Å²) in [5.74, 6) is 0.850. The van der Waals surface area contributed by atoms with Gasteiger partial charge in [0.2, 0.25) is 0 Å². The number of nitrogens with one attached hydrogen (secondary N) is 1. The average molecular weight is 357 g/mol. The van der Waals surface area contributed by atoms with Gasteiger partial charge in [-0.1, -0.05) is 28.1 Å². The molecule has 0 bridgehead atoms. The van der Waals surface area contributed by atoms with Crippen LogP contribution in [0.5, 0.6) is 0 Å². The molecular weight excluding hydrogens is 340 g/mol. The van der Waals surface area contributed by atoms with Gasteiger partial charge < -0.3 is 10.2 Å². The fourth-order valence-electron chi connectivity index (χ4n) is 2.27. The Balaban J connectivity index is 1.80. The molecule has 5 heteroatoms. The molecule has 0 spiro atoms. The van der Waals surface area contributed by atoms with Crippen LogP contribution in [0.1, 0.15) is 5.56 Å². The van der Waals surface area contributed by atoms with Crippen molar-refractivity contribution in [2.75, 3.05) is 24.3 Å². The summed E-state index contributed by atoms with van der Waals surface area (Å²) in [7, 11) is 4.08. The summed E-state index contributed by atoms with van der Waals surface area (Å²) in [5, 5.41) is 4.41. The largest absolute Gasteiger partial charge is 0.378 e. The van der Waals surface area contributed by atoms with Crippen molar-refractivity contribution in [2.24, 2.45) is 0 Å². The van der Waals surface area contributed by atoms with Gasteiger partial charge in [0.1, 0.15) is 12.1 Å². The number of aromatic nitrogens is 2. The molecule has 1 N–H and O–H groups in total. The summed E-state index contributed by atoms with van der Waals surface area (Å²) in [6, 6.07) is 14.5. The molecule has 3 aromatic rings.